The van der Waals surface area contributed by atoms with E-state index in [1.807, 2.05) is 20.8 Å². The third kappa shape index (κ3) is 5.10. The molecule has 2 aromatic rings. The molecule has 0 aliphatic carbocycles. The average Bonchev–Trinajstić information content (AvgIpc) is 3.30. The molecule has 1 aliphatic heterocycles. The molecule has 1 N–H and O–H groups in total. The van der Waals surface area contributed by atoms with Gasteiger partial charge in [-0.25, -0.2) is 0 Å². The predicted octanol–water partition coefficient (Wildman–Crippen LogP) is 1.53. The third-order valence-corrected chi connectivity index (χ3v) is 7.26. The van der Waals surface area contributed by atoms with E-state index in [0.29, 0.717) is 11.6 Å². The number of carbonyl (C=O) groups excluding carboxylic acids is 1. The molecule has 10 nitrogen and oxygen atoms in total. The average molecular weight is 450 g/mol. The molecular formula is C20H31N7O3S. The van der Waals surface area contributed by atoms with Gasteiger partial charge in [-0.15, -0.1) is 4.09 Å². The molecule has 170 valence electrons. The zero-order chi connectivity index (χ0) is 22.9. The van der Waals surface area contributed by atoms with Crippen molar-refractivity contribution in [3.05, 3.63) is 35.0 Å². The van der Waals surface area contributed by atoms with E-state index in [2.05, 4.69) is 25.3 Å². The minimum Gasteiger partial charge on any atom is -0.310 e. The van der Waals surface area contributed by atoms with Gasteiger partial charge >= 0.3 is 10.2 Å². The van der Waals surface area contributed by atoms with Crippen molar-refractivity contribution in [3.63, 3.8) is 0 Å². The summed E-state index contributed by atoms with van der Waals surface area (Å²) in [7, 11) is -1.00. The predicted molar refractivity (Wildman–Crippen MR) is 118 cm³/mol. The number of amides is 1. The first-order valence-electron chi connectivity index (χ1n) is 10.3. The second-order valence-electron chi connectivity index (χ2n) is 8.34. The number of anilines is 1. The number of aromatic nitrogens is 4. The molecule has 2 aromatic heterocycles. The molecule has 0 spiro atoms. The van der Waals surface area contributed by atoms with Gasteiger partial charge < -0.3 is 5.32 Å². The van der Waals surface area contributed by atoms with Crippen molar-refractivity contribution in [2.75, 3.05) is 32.5 Å². The van der Waals surface area contributed by atoms with E-state index < -0.39 is 10.2 Å². The lowest BCUT2D eigenvalue weighted by Crippen LogP contribution is -2.31. The maximum atomic E-state index is 12.7. The summed E-state index contributed by atoms with van der Waals surface area (Å²) in [6.07, 6.45) is 3.69. The standard InChI is InChI=1S/C20H31N7O3S/c1-13-11-21-18(14(2)22-13)9-17-7-8-26(12-17)15(3)19-10-20(23-16(4)28)27(24-19)31(29,30)25(5)6/h10-11,15,17H,7-9,12H2,1-6H3,(H,23,28)/t15?,17-/m1/s1. The van der Waals surface area contributed by atoms with Crippen LogP contribution in [0.3, 0.4) is 0 Å². The monoisotopic (exact) mass is 449 g/mol. The molecule has 31 heavy (non-hydrogen) atoms. The lowest BCUT2D eigenvalue weighted by atomic mass is 10.0. The highest BCUT2D eigenvalue weighted by Gasteiger charge is 2.31. The third-order valence-electron chi connectivity index (χ3n) is 5.63. The highest BCUT2D eigenvalue weighted by molar-refractivity contribution is 7.87. The van der Waals surface area contributed by atoms with Crippen LogP contribution in [0.4, 0.5) is 5.82 Å². The van der Waals surface area contributed by atoms with Gasteiger partial charge in [0.25, 0.3) is 0 Å². The maximum absolute atomic E-state index is 12.7. The fraction of sp³-hybridized carbons (Fsp3) is 0.600. The molecule has 3 heterocycles. The molecule has 0 bridgehead atoms. The van der Waals surface area contributed by atoms with Gasteiger partial charge in [-0.1, -0.05) is 0 Å². The van der Waals surface area contributed by atoms with Crippen LogP contribution < -0.4 is 5.32 Å². The number of nitrogens with zero attached hydrogens (tertiary/aromatic N) is 6. The topological polar surface area (TPSA) is 113 Å². The number of aryl methyl sites for hydroxylation is 2. The van der Waals surface area contributed by atoms with E-state index in [-0.39, 0.29) is 17.8 Å². The quantitative estimate of drug-likeness (QED) is 0.682. The molecule has 3 rings (SSSR count). The summed E-state index contributed by atoms with van der Waals surface area (Å²) in [5, 5.41) is 6.92. The van der Waals surface area contributed by atoms with Gasteiger partial charge in [0.05, 0.1) is 28.8 Å². The van der Waals surface area contributed by atoms with Gasteiger partial charge in [0.2, 0.25) is 5.91 Å². The van der Waals surface area contributed by atoms with Crippen molar-refractivity contribution in [1.29, 1.82) is 0 Å². The van der Waals surface area contributed by atoms with E-state index in [4.69, 9.17) is 0 Å². The minimum atomic E-state index is -3.86. The molecule has 2 atom stereocenters. The van der Waals surface area contributed by atoms with Crippen molar-refractivity contribution in [1.82, 2.24) is 28.4 Å². The molecule has 0 aromatic carbocycles. The van der Waals surface area contributed by atoms with E-state index >= 15 is 0 Å². The molecule has 1 saturated heterocycles. The molecule has 11 heteroatoms. The van der Waals surface area contributed by atoms with Gasteiger partial charge in [-0.2, -0.15) is 17.8 Å². The first-order chi connectivity index (χ1) is 14.5. The molecule has 1 fully saturated rings. The highest BCUT2D eigenvalue weighted by atomic mass is 32.2. The van der Waals surface area contributed by atoms with Gasteiger partial charge in [-0.05, 0) is 46.1 Å². The van der Waals surface area contributed by atoms with Gasteiger partial charge in [0, 0.05) is 39.8 Å². The molecule has 1 unspecified atom stereocenters. The summed E-state index contributed by atoms with van der Waals surface area (Å²) in [6, 6.07) is 1.54. The van der Waals surface area contributed by atoms with E-state index in [1.54, 1.807) is 12.3 Å². The van der Waals surface area contributed by atoms with Crippen molar-refractivity contribution in [2.45, 2.75) is 46.6 Å². The Morgan fingerprint density at radius 1 is 1.35 bits per heavy atom. The molecular weight excluding hydrogens is 418 g/mol. The van der Waals surface area contributed by atoms with Gasteiger partial charge in [0.1, 0.15) is 5.82 Å². The largest absolute Gasteiger partial charge is 0.324 e. The minimum absolute atomic E-state index is 0.0960. The van der Waals surface area contributed by atoms with Gasteiger partial charge in [-0.3, -0.25) is 19.7 Å². The normalized spacial score (nSPS) is 18.5. The lowest BCUT2D eigenvalue weighted by Gasteiger charge is -2.22. The molecule has 0 radical (unpaired) electrons. The Bertz CT molecular complexity index is 1060. The Balaban J connectivity index is 1.77. The van der Waals surface area contributed by atoms with Crippen LogP contribution >= 0.6 is 0 Å². The zero-order valence-electron chi connectivity index (χ0n) is 19.0. The first-order valence-corrected chi connectivity index (χ1v) is 11.7. The van der Waals surface area contributed by atoms with Crippen LogP contribution in [0.15, 0.2) is 12.3 Å². The Hall–Kier alpha value is -2.37. The fourth-order valence-corrected chi connectivity index (χ4v) is 4.70. The molecule has 1 aliphatic rings. The Morgan fingerprint density at radius 2 is 2.06 bits per heavy atom. The summed E-state index contributed by atoms with van der Waals surface area (Å²) in [5.74, 6) is 0.232. The smallest absolute Gasteiger partial charge is 0.310 e. The number of hydrogen-bond acceptors (Lipinski definition) is 7. The highest BCUT2D eigenvalue weighted by Crippen LogP contribution is 2.30. The number of carbonyl (C=O) groups is 1. The lowest BCUT2D eigenvalue weighted by molar-refractivity contribution is -0.114. The van der Waals surface area contributed by atoms with Crippen LogP contribution in [0.2, 0.25) is 0 Å². The number of likely N-dealkylation sites (tertiary alicyclic amines) is 1. The fourth-order valence-electron chi connectivity index (χ4n) is 3.85. The number of rotatable bonds is 7. The van der Waals surface area contributed by atoms with Crippen LogP contribution in [-0.2, 0) is 21.4 Å². The second kappa shape index (κ2) is 9.01. The Morgan fingerprint density at radius 3 is 2.68 bits per heavy atom. The van der Waals surface area contributed by atoms with Gasteiger partial charge in [0.15, 0.2) is 0 Å². The SMILES string of the molecule is CC(=O)Nc1cc(C(C)N2CC[C@H](Cc3ncc(C)nc3C)C2)nn1S(=O)(=O)N(C)C. The molecule has 0 saturated carbocycles. The van der Waals surface area contributed by atoms with Crippen molar-refractivity contribution < 1.29 is 13.2 Å². The maximum Gasteiger partial charge on any atom is 0.324 e. The van der Waals surface area contributed by atoms with Crippen LogP contribution in [-0.4, -0.2) is 69.9 Å². The zero-order valence-corrected chi connectivity index (χ0v) is 19.8. The van der Waals surface area contributed by atoms with Crippen molar-refractivity contribution >= 4 is 21.9 Å². The van der Waals surface area contributed by atoms with E-state index in [9.17, 15) is 13.2 Å². The van der Waals surface area contributed by atoms with Crippen LogP contribution in [0.5, 0.6) is 0 Å². The Labute approximate surface area is 183 Å². The second-order valence-corrected chi connectivity index (χ2v) is 10.3. The summed E-state index contributed by atoms with van der Waals surface area (Å²) >= 11 is 0. The summed E-state index contributed by atoms with van der Waals surface area (Å²) in [6.45, 7) is 9.01. The van der Waals surface area contributed by atoms with Crippen LogP contribution in [0.1, 0.15) is 49.1 Å². The Kier molecular flexibility index (Phi) is 6.77. The summed E-state index contributed by atoms with van der Waals surface area (Å²) < 4.78 is 27.3. The van der Waals surface area contributed by atoms with E-state index in [0.717, 1.165) is 51.4 Å². The van der Waals surface area contributed by atoms with Crippen LogP contribution in [0, 0.1) is 19.8 Å². The number of nitrogens with one attached hydrogen (secondary N) is 1. The summed E-state index contributed by atoms with van der Waals surface area (Å²) in [4.78, 5) is 22.9. The van der Waals surface area contributed by atoms with Crippen molar-refractivity contribution in [2.24, 2.45) is 5.92 Å². The molecule has 1 amide bonds. The first kappa shape index (κ1) is 23.3. The summed E-state index contributed by atoms with van der Waals surface area (Å²) in [5.41, 5.74) is 3.51. The van der Waals surface area contributed by atoms with Crippen LogP contribution in [0.25, 0.3) is 0 Å². The van der Waals surface area contributed by atoms with E-state index in [1.165, 1.54) is 21.0 Å². The number of hydrogen-bond donors (Lipinski definition) is 1. The van der Waals surface area contributed by atoms with Crippen molar-refractivity contribution in [3.8, 4) is 0 Å².